The third kappa shape index (κ3) is 8.08. The molecule has 0 atom stereocenters. The SMILES string of the molecule is CCCCCCCCCCOc1c(O)c(O)c(C(=O)O)c(CCCC)c1CCCC. The average Bonchev–Trinajstić information content (AvgIpc) is 2.72. The van der Waals surface area contributed by atoms with E-state index in [9.17, 15) is 20.1 Å². The topological polar surface area (TPSA) is 87.0 Å². The lowest BCUT2D eigenvalue weighted by molar-refractivity contribution is 0.0691. The van der Waals surface area contributed by atoms with Crippen molar-refractivity contribution >= 4 is 5.97 Å². The number of hydrogen-bond donors (Lipinski definition) is 3. The number of phenols is 2. The molecule has 1 aromatic carbocycles. The lowest BCUT2D eigenvalue weighted by Crippen LogP contribution is -2.11. The minimum absolute atomic E-state index is 0.175. The van der Waals surface area contributed by atoms with Crippen LogP contribution in [0.1, 0.15) is 119 Å². The summed E-state index contributed by atoms with van der Waals surface area (Å²) < 4.78 is 5.94. The molecule has 0 aliphatic carbocycles. The van der Waals surface area contributed by atoms with E-state index in [0.29, 0.717) is 25.0 Å². The first-order chi connectivity index (χ1) is 14.5. The quantitative estimate of drug-likeness (QED) is 0.186. The lowest BCUT2D eigenvalue weighted by atomic mass is 9.91. The molecule has 0 spiro atoms. The molecule has 0 radical (unpaired) electrons. The molecule has 0 aliphatic rings. The van der Waals surface area contributed by atoms with Gasteiger partial charge in [0.25, 0.3) is 0 Å². The number of unbranched alkanes of at least 4 members (excludes halogenated alkanes) is 9. The summed E-state index contributed by atoms with van der Waals surface area (Å²) >= 11 is 0. The molecule has 1 rings (SSSR count). The van der Waals surface area contributed by atoms with Crippen LogP contribution >= 0.6 is 0 Å². The van der Waals surface area contributed by atoms with Gasteiger partial charge in [0.1, 0.15) is 5.56 Å². The van der Waals surface area contributed by atoms with Gasteiger partial charge in [0.05, 0.1) is 6.61 Å². The molecule has 1 aromatic rings. The number of aromatic carboxylic acids is 1. The van der Waals surface area contributed by atoms with Gasteiger partial charge in [0.15, 0.2) is 11.5 Å². The fourth-order valence-electron chi connectivity index (χ4n) is 3.84. The Morgan fingerprint density at radius 2 is 1.20 bits per heavy atom. The molecule has 3 N–H and O–H groups in total. The number of ether oxygens (including phenoxy) is 1. The third-order valence-corrected chi connectivity index (χ3v) is 5.64. The van der Waals surface area contributed by atoms with Crippen LogP contribution in [0.5, 0.6) is 17.2 Å². The molecule has 0 saturated carbocycles. The van der Waals surface area contributed by atoms with Gasteiger partial charge in [-0.05, 0) is 37.7 Å². The highest BCUT2D eigenvalue weighted by atomic mass is 16.5. The monoisotopic (exact) mass is 422 g/mol. The Morgan fingerprint density at radius 3 is 1.73 bits per heavy atom. The molecule has 172 valence electrons. The van der Waals surface area contributed by atoms with E-state index in [2.05, 4.69) is 13.8 Å². The van der Waals surface area contributed by atoms with Crippen molar-refractivity contribution < 1.29 is 24.9 Å². The molecular weight excluding hydrogens is 380 g/mol. The van der Waals surface area contributed by atoms with Crippen molar-refractivity contribution in [2.45, 2.75) is 111 Å². The average molecular weight is 423 g/mol. The summed E-state index contributed by atoms with van der Waals surface area (Å²) in [6, 6.07) is 0. The fourth-order valence-corrected chi connectivity index (χ4v) is 3.84. The molecule has 0 unspecified atom stereocenters. The van der Waals surface area contributed by atoms with E-state index in [0.717, 1.165) is 44.1 Å². The zero-order valence-corrected chi connectivity index (χ0v) is 19.3. The summed E-state index contributed by atoms with van der Waals surface area (Å²) in [7, 11) is 0. The molecule has 0 fully saturated rings. The number of carbonyl (C=O) groups is 1. The van der Waals surface area contributed by atoms with Crippen molar-refractivity contribution in [3.8, 4) is 17.2 Å². The van der Waals surface area contributed by atoms with Crippen LogP contribution in [0, 0.1) is 0 Å². The largest absolute Gasteiger partial charge is 0.504 e. The van der Waals surface area contributed by atoms with Gasteiger partial charge in [-0.15, -0.1) is 0 Å². The number of rotatable bonds is 17. The summed E-state index contributed by atoms with van der Waals surface area (Å²) in [6.45, 7) is 6.80. The second-order valence-electron chi connectivity index (χ2n) is 8.19. The van der Waals surface area contributed by atoms with E-state index in [1.807, 2.05) is 6.92 Å². The van der Waals surface area contributed by atoms with Gasteiger partial charge in [-0.3, -0.25) is 0 Å². The van der Waals surface area contributed by atoms with Gasteiger partial charge < -0.3 is 20.1 Å². The van der Waals surface area contributed by atoms with Crippen molar-refractivity contribution in [3.63, 3.8) is 0 Å². The first-order valence-corrected chi connectivity index (χ1v) is 11.9. The van der Waals surface area contributed by atoms with Gasteiger partial charge in [-0.1, -0.05) is 78.6 Å². The Bertz CT molecular complexity index is 639. The highest BCUT2D eigenvalue weighted by Crippen LogP contribution is 2.45. The second kappa shape index (κ2) is 15.0. The molecule has 0 amide bonds. The van der Waals surface area contributed by atoms with Crippen LogP contribution in [-0.2, 0) is 12.8 Å². The standard InChI is InChI=1S/C25H42O5/c1-4-7-10-11-12-13-14-15-18-30-24-20(17-9-6-3)19(16-8-5-2)21(25(28)29)22(26)23(24)27/h26-27H,4-18H2,1-3H3,(H,28,29). The van der Waals surface area contributed by atoms with E-state index in [1.165, 1.54) is 38.5 Å². The summed E-state index contributed by atoms with van der Waals surface area (Å²) in [5, 5.41) is 30.6. The number of phenolic OH excluding ortho intramolecular Hbond substituents is 1. The molecule has 0 heterocycles. The minimum Gasteiger partial charge on any atom is -0.504 e. The van der Waals surface area contributed by atoms with Crippen LogP contribution in [0.25, 0.3) is 0 Å². The number of carboxylic acids is 1. The van der Waals surface area contributed by atoms with Crippen LogP contribution in [0.4, 0.5) is 0 Å². The Hall–Kier alpha value is -1.91. The van der Waals surface area contributed by atoms with Crippen LogP contribution in [-0.4, -0.2) is 27.9 Å². The summed E-state index contributed by atoms with van der Waals surface area (Å²) in [5.74, 6) is -1.93. The van der Waals surface area contributed by atoms with Crippen LogP contribution in [0.15, 0.2) is 0 Å². The van der Waals surface area contributed by atoms with Gasteiger partial charge in [-0.25, -0.2) is 4.79 Å². The normalized spacial score (nSPS) is 11.0. The van der Waals surface area contributed by atoms with Crippen molar-refractivity contribution in [1.29, 1.82) is 0 Å². The van der Waals surface area contributed by atoms with Crippen LogP contribution < -0.4 is 4.74 Å². The second-order valence-corrected chi connectivity index (χ2v) is 8.19. The van der Waals surface area contributed by atoms with Crippen LogP contribution in [0.3, 0.4) is 0 Å². The zero-order valence-electron chi connectivity index (χ0n) is 19.3. The molecule has 0 saturated heterocycles. The van der Waals surface area contributed by atoms with Crippen molar-refractivity contribution in [3.05, 3.63) is 16.7 Å². The van der Waals surface area contributed by atoms with Crippen molar-refractivity contribution in [2.75, 3.05) is 6.61 Å². The number of aromatic hydroxyl groups is 2. The van der Waals surface area contributed by atoms with E-state index < -0.39 is 17.5 Å². The van der Waals surface area contributed by atoms with Gasteiger partial charge in [-0.2, -0.15) is 0 Å². The molecule has 5 heteroatoms. The Morgan fingerprint density at radius 1 is 0.700 bits per heavy atom. The summed E-state index contributed by atoms with van der Waals surface area (Å²) in [6.07, 6.45) is 14.3. The maximum absolute atomic E-state index is 11.8. The molecule has 0 bridgehead atoms. The first kappa shape index (κ1) is 26.1. The predicted molar refractivity (Wildman–Crippen MR) is 122 cm³/mol. The van der Waals surface area contributed by atoms with Gasteiger partial charge in [0.2, 0.25) is 5.75 Å². The highest BCUT2D eigenvalue weighted by molar-refractivity contribution is 5.95. The highest BCUT2D eigenvalue weighted by Gasteiger charge is 2.27. The Kier molecular flexibility index (Phi) is 13.0. The van der Waals surface area contributed by atoms with Gasteiger partial charge >= 0.3 is 5.97 Å². The van der Waals surface area contributed by atoms with E-state index in [-0.39, 0.29) is 11.3 Å². The summed E-state index contributed by atoms with van der Waals surface area (Å²) in [5.41, 5.74) is 1.18. The lowest BCUT2D eigenvalue weighted by Gasteiger charge is -2.20. The van der Waals surface area contributed by atoms with E-state index in [1.54, 1.807) is 0 Å². The molecule has 0 aliphatic heterocycles. The third-order valence-electron chi connectivity index (χ3n) is 5.64. The molecule has 0 aromatic heterocycles. The summed E-state index contributed by atoms with van der Waals surface area (Å²) in [4.78, 5) is 11.8. The zero-order chi connectivity index (χ0) is 22.4. The van der Waals surface area contributed by atoms with Gasteiger partial charge in [0, 0.05) is 5.56 Å². The smallest absolute Gasteiger partial charge is 0.339 e. The number of carboxylic acid groups (broad SMARTS) is 1. The maximum Gasteiger partial charge on any atom is 0.339 e. The molecule has 30 heavy (non-hydrogen) atoms. The van der Waals surface area contributed by atoms with E-state index >= 15 is 0 Å². The Balaban J connectivity index is 2.92. The molecule has 5 nitrogen and oxygen atoms in total. The predicted octanol–water partition coefficient (Wildman–Crippen LogP) is 7.00. The Labute approximate surface area is 182 Å². The molecular formula is C25H42O5. The van der Waals surface area contributed by atoms with Crippen molar-refractivity contribution in [2.24, 2.45) is 0 Å². The first-order valence-electron chi connectivity index (χ1n) is 11.9. The number of benzene rings is 1. The van der Waals surface area contributed by atoms with E-state index in [4.69, 9.17) is 4.74 Å². The number of hydrogen-bond acceptors (Lipinski definition) is 4. The van der Waals surface area contributed by atoms with Crippen LogP contribution in [0.2, 0.25) is 0 Å². The minimum atomic E-state index is -1.21. The fraction of sp³-hybridized carbons (Fsp3) is 0.720. The maximum atomic E-state index is 11.8. The van der Waals surface area contributed by atoms with Crippen molar-refractivity contribution in [1.82, 2.24) is 0 Å².